The Morgan fingerprint density at radius 1 is 1.27 bits per heavy atom. The minimum absolute atomic E-state index is 0.423. The van der Waals surface area contributed by atoms with E-state index in [4.69, 9.17) is 0 Å². The molecular weight excluding hydrogens is 148 g/mol. The fourth-order valence-corrected chi connectivity index (χ4v) is 0.883. The van der Waals surface area contributed by atoms with Crippen LogP contribution in [0.4, 0.5) is 0 Å². The van der Waals surface area contributed by atoms with Gasteiger partial charge in [-0.1, -0.05) is 0 Å². The molecule has 11 heavy (non-hydrogen) atoms. The maximum atomic E-state index is 10.9. The first-order valence-electron chi connectivity index (χ1n) is 3.18. The van der Waals surface area contributed by atoms with Crippen molar-refractivity contribution < 1.29 is 19.1 Å². The van der Waals surface area contributed by atoms with Gasteiger partial charge in [0.2, 0.25) is 0 Å². The normalized spacial score (nSPS) is 18.7. The van der Waals surface area contributed by atoms with Gasteiger partial charge in [-0.25, -0.2) is 0 Å². The van der Waals surface area contributed by atoms with Crippen LogP contribution < -0.4 is 0 Å². The predicted octanol–water partition coefficient (Wildman–Crippen LogP) is -0.0732. The molecule has 1 aliphatic rings. The van der Waals surface area contributed by atoms with Gasteiger partial charge in [0.05, 0.1) is 14.2 Å². The second-order valence-corrected chi connectivity index (χ2v) is 2.36. The van der Waals surface area contributed by atoms with Crippen molar-refractivity contribution in [1.29, 1.82) is 0 Å². The van der Waals surface area contributed by atoms with Gasteiger partial charge in [0.15, 0.2) is 5.41 Å². The summed E-state index contributed by atoms with van der Waals surface area (Å²) in [5.74, 6) is -1.08. The smallest absolute Gasteiger partial charge is 0.323 e. The van der Waals surface area contributed by atoms with Crippen molar-refractivity contribution in [1.82, 2.24) is 0 Å². The highest BCUT2D eigenvalue weighted by atomic mass is 16.5. The van der Waals surface area contributed by atoms with Gasteiger partial charge in [-0.3, -0.25) is 9.59 Å². The maximum Gasteiger partial charge on any atom is 0.323 e. The summed E-state index contributed by atoms with van der Waals surface area (Å²) in [6, 6.07) is 0. The monoisotopic (exact) mass is 157 g/mol. The number of hydrogen-bond acceptors (Lipinski definition) is 4. The Balaban J connectivity index is 2.67. The van der Waals surface area contributed by atoms with Gasteiger partial charge in [0, 0.05) is 0 Å². The molecule has 1 radical (unpaired) electrons. The number of esters is 2. The van der Waals surface area contributed by atoms with Crippen LogP contribution >= 0.6 is 0 Å². The first kappa shape index (κ1) is 8.04. The van der Waals surface area contributed by atoms with Crippen molar-refractivity contribution in [2.45, 2.75) is 6.42 Å². The second kappa shape index (κ2) is 2.53. The van der Waals surface area contributed by atoms with E-state index < -0.39 is 17.4 Å². The lowest BCUT2D eigenvalue weighted by Gasteiger charge is -2.08. The Kier molecular flexibility index (Phi) is 1.85. The van der Waals surface area contributed by atoms with Crippen molar-refractivity contribution >= 4 is 11.9 Å². The molecule has 1 aliphatic carbocycles. The minimum Gasteiger partial charge on any atom is -0.468 e. The van der Waals surface area contributed by atoms with Gasteiger partial charge in [0.1, 0.15) is 0 Å². The van der Waals surface area contributed by atoms with E-state index >= 15 is 0 Å². The third-order valence-corrected chi connectivity index (χ3v) is 1.71. The van der Waals surface area contributed by atoms with E-state index in [1.807, 2.05) is 0 Å². The summed E-state index contributed by atoms with van der Waals surface area (Å²) >= 11 is 0. The molecule has 0 aromatic rings. The first-order chi connectivity index (χ1) is 5.17. The first-order valence-corrected chi connectivity index (χ1v) is 3.18. The fraction of sp³-hybridized carbons (Fsp3) is 0.571. The maximum absolute atomic E-state index is 10.9. The van der Waals surface area contributed by atoms with Crippen molar-refractivity contribution in [3.05, 3.63) is 6.42 Å². The zero-order valence-electron chi connectivity index (χ0n) is 6.42. The van der Waals surface area contributed by atoms with Crippen LogP contribution in [0.2, 0.25) is 0 Å². The van der Waals surface area contributed by atoms with E-state index in [2.05, 4.69) is 9.47 Å². The van der Waals surface area contributed by atoms with Crippen LogP contribution in [0.1, 0.15) is 6.42 Å². The lowest BCUT2D eigenvalue weighted by atomic mass is 10.1. The molecule has 1 saturated carbocycles. The van der Waals surface area contributed by atoms with E-state index in [0.717, 1.165) is 0 Å². The van der Waals surface area contributed by atoms with Gasteiger partial charge in [0.25, 0.3) is 0 Å². The topological polar surface area (TPSA) is 52.6 Å². The van der Waals surface area contributed by atoms with Crippen LogP contribution in [0.3, 0.4) is 0 Å². The van der Waals surface area contributed by atoms with Crippen molar-refractivity contribution in [2.24, 2.45) is 5.41 Å². The molecule has 0 N–H and O–H groups in total. The van der Waals surface area contributed by atoms with Crippen LogP contribution in [0.5, 0.6) is 0 Å². The van der Waals surface area contributed by atoms with Crippen LogP contribution in [0.15, 0.2) is 0 Å². The summed E-state index contributed by atoms with van der Waals surface area (Å²) in [6.07, 6.45) is 2.00. The number of carbonyl (C=O) groups is 2. The molecule has 0 unspecified atom stereocenters. The zero-order chi connectivity index (χ0) is 8.48. The molecule has 1 rings (SSSR count). The Morgan fingerprint density at radius 3 is 1.82 bits per heavy atom. The van der Waals surface area contributed by atoms with E-state index in [-0.39, 0.29) is 0 Å². The van der Waals surface area contributed by atoms with E-state index in [1.54, 1.807) is 6.42 Å². The van der Waals surface area contributed by atoms with E-state index in [1.165, 1.54) is 14.2 Å². The van der Waals surface area contributed by atoms with Gasteiger partial charge < -0.3 is 9.47 Å². The SMILES string of the molecule is COC(=O)C1(C(=O)OC)[CH]C1. The lowest BCUT2D eigenvalue weighted by Crippen LogP contribution is -2.28. The molecule has 4 nitrogen and oxygen atoms in total. The number of methoxy groups -OCH3 is 2. The van der Waals surface area contributed by atoms with E-state index in [0.29, 0.717) is 6.42 Å². The highest BCUT2D eigenvalue weighted by Crippen LogP contribution is 2.46. The van der Waals surface area contributed by atoms with Gasteiger partial charge in [-0.15, -0.1) is 0 Å². The molecule has 0 bridgehead atoms. The summed E-state index contributed by atoms with van der Waals surface area (Å²) < 4.78 is 8.86. The summed E-state index contributed by atoms with van der Waals surface area (Å²) in [4.78, 5) is 21.9. The Morgan fingerprint density at radius 2 is 1.64 bits per heavy atom. The molecule has 0 aromatic carbocycles. The molecule has 0 atom stereocenters. The Hall–Kier alpha value is -1.06. The molecule has 0 amide bonds. The van der Waals surface area contributed by atoms with Crippen molar-refractivity contribution in [2.75, 3.05) is 14.2 Å². The summed E-state index contributed by atoms with van der Waals surface area (Å²) in [5.41, 5.74) is -1.08. The number of rotatable bonds is 2. The molecule has 0 saturated heterocycles. The second-order valence-electron chi connectivity index (χ2n) is 2.36. The quantitative estimate of drug-likeness (QED) is 0.416. The predicted molar refractivity (Wildman–Crippen MR) is 35.4 cm³/mol. The molecule has 0 heterocycles. The Bertz CT molecular complexity index is 175. The van der Waals surface area contributed by atoms with Gasteiger partial charge >= 0.3 is 11.9 Å². The molecule has 0 aromatic heterocycles. The fourth-order valence-electron chi connectivity index (χ4n) is 0.883. The van der Waals surface area contributed by atoms with Crippen LogP contribution in [-0.4, -0.2) is 26.2 Å². The molecule has 1 fully saturated rings. The van der Waals surface area contributed by atoms with Crippen LogP contribution in [0, 0.1) is 11.8 Å². The van der Waals surface area contributed by atoms with Crippen molar-refractivity contribution in [3.8, 4) is 0 Å². The highest BCUT2D eigenvalue weighted by Gasteiger charge is 2.59. The molecule has 0 spiro atoms. The summed E-state index contributed by atoms with van der Waals surface area (Å²) in [6.45, 7) is 0. The molecular formula is C7H9O4. The molecule has 4 heteroatoms. The average Bonchev–Trinajstić information content (AvgIpc) is 2.82. The van der Waals surface area contributed by atoms with Crippen LogP contribution in [-0.2, 0) is 19.1 Å². The highest BCUT2D eigenvalue weighted by molar-refractivity contribution is 6.05. The molecule has 61 valence electrons. The Labute approximate surface area is 64.5 Å². The number of hydrogen-bond donors (Lipinski definition) is 0. The zero-order valence-corrected chi connectivity index (χ0v) is 6.42. The minimum atomic E-state index is -1.08. The lowest BCUT2D eigenvalue weighted by molar-refractivity contribution is -0.160. The largest absolute Gasteiger partial charge is 0.468 e. The summed E-state index contributed by atoms with van der Waals surface area (Å²) in [5, 5.41) is 0. The average molecular weight is 157 g/mol. The van der Waals surface area contributed by atoms with Gasteiger partial charge in [-0.2, -0.15) is 0 Å². The van der Waals surface area contributed by atoms with Crippen molar-refractivity contribution in [3.63, 3.8) is 0 Å². The number of carbonyl (C=O) groups excluding carboxylic acids is 2. The standard InChI is InChI=1S/C7H9O4/c1-10-5(8)7(3-4-7)6(9)11-2/h3H,4H2,1-2H3. The summed E-state index contributed by atoms with van der Waals surface area (Å²) in [7, 11) is 2.50. The van der Waals surface area contributed by atoms with E-state index in [9.17, 15) is 9.59 Å². The third kappa shape index (κ3) is 1.08. The van der Waals surface area contributed by atoms with Crippen LogP contribution in [0.25, 0.3) is 0 Å². The van der Waals surface area contributed by atoms with Gasteiger partial charge in [-0.05, 0) is 12.8 Å². The molecule has 0 aliphatic heterocycles. The third-order valence-electron chi connectivity index (χ3n) is 1.71. The number of ether oxygens (including phenoxy) is 2.